The van der Waals surface area contributed by atoms with E-state index < -0.39 is 6.10 Å². The number of likely N-dealkylation sites (tertiary alicyclic amines) is 1. The maximum atomic E-state index is 10.7. The third kappa shape index (κ3) is 3.85. The number of hydrogen-bond donors (Lipinski definition) is 1. The van der Waals surface area contributed by atoms with Crippen LogP contribution < -0.4 is 9.64 Å². The molecule has 2 aliphatic heterocycles. The molecule has 0 radical (unpaired) electrons. The van der Waals surface area contributed by atoms with E-state index in [0.29, 0.717) is 29.0 Å². The summed E-state index contributed by atoms with van der Waals surface area (Å²) in [7, 11) is 1.52. The normalized spacial score (nSPS) is 19.3. The van der Waals surface area contributed by atoms with Crippen molar-refractivity contribution in [2.24, 2.45) is 5.41 Å². The fourth-order valence-electron chi connectivity index (χ4n) is 4.86. The Labute approximate surface area is 186 Å². The van der Waals surface area contributed by atoms with E-state index in [0.717, 1.165) is 56.9 Å². The molecule has 1 N–H and O–H groups in total. The molecule has 3 aromatic rings. The lowest BCUT2D eigenvalue weighted by Gasteiger charge is -2.39. The first-order valence-corrected chi connectivity index (χ1v) is 10.9. The minimum atomic E-state index is -0.717. The first-order valence-electron chi connectivity index (χ1n) is 10.9. The van der Waals surface area contributed by atoms with Crippen molar-refractivity contribution in [3.8, 4) is 11.8 Å². The molecule has 5 rings (SSSR count). The molecule has 10 nitrogen and oxygen atoms in total. The van der Waals surface area contributed by atoms with E-state index in [2.05, 4.69) is 30.1 Å². The van der Waals surface area contributed by atoms with Gasteiger partial charge in [-0.3, -0.25) is 4.98 Å². The summed E-state index contributed by atoms with van der Waals surface area (Å²) in [4.78, 5) is 8.91. The maximum Gasteiger partial charge on any atom is 0.177 e. The van der Waals surface area contributed by atoms with E-state index in [1.807, 2.05) is 18.2 Å². The lowest BCUT2D eigenvalue weighted by Crippen LogP contribution is -2.43. The Morgan fingerprint density at radius 2 is 2.06 bits per heavy atom. The lowest BCUT2D eigenvalue weighted by molar-refractivity contribution is 0.0632. The van der Waals surface area contributed by atoms with Crippen molar-refractivity contribution in [1.82, 2.24) is 29.7 Å². The number of hydrogen-bond acceptors (Lipinski definition) is 9. The zero-order valence-electron chi connectivity index (χ0n) is 18.1. The van der Waals surface area contributed by atoms with Gasteiger partial charge in [-0.05, 0) is 49.9 Å². The summed E-state index contributed by atoms with van der Waals surface area (Å²) < 4.78 is 6.96. The number of ether oxygens (including phenoxy) is 1. The fourth-order valence-corrected chi connectivity index (χ4v) is 4.86. The number of methoxy groups -OCH3 is 1. The van der Waals surface area contributed by atoms with Gasteiger partial charge in [0.25, 0.3) is 0 Å². The number of aromatic nitrogens is 5. The van der Waals surface area contributed by atoms with Gasteiger partial charge in [-0.15, -0.1) is 15.3 Å². The second-order valence-electron chi connectivity index (χ2n) is 8.73. The molecule has 0 aliphatic carbocycles. The van der Waals surface area contributed by atoms with Gasteiger partial charge in [0.2, 0.25) is 0 Å². The number of nitriles is 1. The number of β-amino-alcohol motifs (C(OH)–C–C–N with tert-alkyl or cyclic N) is 1. The third-order valence-corrected chi connectivity index (χ3v) is 6.83. The Hall–Kier alpha value is -3.29. The van der Waals surface area contributed by atoms with E-state index in [1.165, 1.54) is 13.3 Å². The van der Waals surface area contributed by atoms with Gasteiger partial charge in [0.1, 0.15) is 35.6 Å². The second-order valence-corrected chi connectivity index (χ2v) is 8.73. The van der Waals surface area contributed by atoms with Gasteiger partial charge >= 0.3 is 0 Å². The number of anilines is 1. The molecule has 166 valence electrons. The van der Waals surface area contributed by atoms with Gasteiger partial charge in [0.15, 0.2) is 5.65 Å². The van der Waals surface area contributed by atoms with E-state index in [-0.39, 0.29) is 0 Å². The summed E-state index contributed by atoms with van der Waals surface area (Å²) in [6.07, 6.45) is 5.71. The van der Waals surface area contributed by atoms with Gasteiger partial charge in [-0.1, -0.05) is 0 Å². The predicted molar refractivity (Wildman–Crippen MR) is 116 cm³/mol. The van der Waals surface area contributed by atoms with Gasteiger partial charge < -0.3 is 19.6 Å². The molecular weight excluding hydrogens is 408 g/mol. The van der Waals surface area contributed by atoms with E-state index in [1.54, 1.807) is 16.9 Å². The highest BCUT2D eigenvalue weighted by molar-refractivity contribution is 5.46. The van der Waals surface area contributed by atoms with Crippen LogP contribution in [0.15, 0.2) is 30.7 Å². The number of aliphatic hydroxyl groups excluding tert-OH is 1. The molecular formula is C22H26N8O2. The van der Waals surface area contributed by atoms with Crippen molar-refractivity contribution >= 4 is 11.5 Å². The molecule has 0 bridgehead atoms. The molecule has 2 saturated heterocycles. The summed E-state index contributed by atoms with van der Waals surface area (Å²) in [5.41, 5.74) is 1.95. The van der Waals surface area contributed by atoms with Crippen LogP contribution in [0.2, 0.25) is 0 Å². The first-order chi connectivity index (χ1) is 15.6. The van der Waals surface area contributed by atoms with Crippen LogP contribution in [0.3, 0.4) is 0 Å². The van der Waals surface area contributed by atoms with Crippen molar-refractivity contribution in [1.29, 1.82) is 5.26 Å². The van der Waals surface area contributed by atoms with E-state index in [9.17, 15) is 5.11 Å². The molecule has 3 aromatic heterocycles. The van der Waals surface area contributed by atoms with Crippen molar-refractivity contribution < 1.29 is 9.84 Å². The Kier molecular flexibility index (Phi) is 5.36. The predicted octanol–water partition coefficient (Wildman–Crippen LogP) is 1.43. The number of aliphatic hydroxyl groups is 1. The maximum absolute atomic E-state index is 10.7. The quantitative estimate of drug-likeness (QED) is 0.636. The van der Waals surface area contributed by atoms with Crippen LogP contribution in [0.1, 0.15) is 36.6 Å². The third-order valence-electron chi connectivity index (χ3n) is 6.83. The van der Waals surface area contributed by atoms with Crippen molar-refractivity contribution in [3.05, 3.63) is 42.0 Å². The highest BCUT2D eigenvalue weighted by Crippen LogP contribution is 2.41. The van der Waals surface area contributed by atoms with Crippen LogP contribution in [0.25, 0.3) is 5.65 Å². The monoisotopic (exact) mass is 434 g/mol. The first kappa shape index (κ1) is 20.6. The lowest BCUT2D eigenvalue weighted by atomic mass is 9.77. The van der Waals surface area contributed by atoms with Gasteiger partial charge in [0.05, 0.1) is 12.8 Å². The van der Waals surface area contributed by atoms with Crippen LogP contribution >= 0.6 is 0 Å². The van der Waals surface area contributed by atoms with Crippen LogP contribution in [0.5, 0.6) is 5.75 Å². The minimum absolute atomic E-state index is 0.293. The number of nitrogens with zero attached hydrogens (tertiary/aromatic N) is 8. The van der Waals surface area contributed by atoms with E-state index in [4.69, 9.17) is 10.00 Å². The molecule has 0 amide bonds. The Morgan fingerprint density at radius 3 is 2.84 bits per heavy atom. The van der Waals surface area contributed by atoms with Gasteiger partial charge in [-0.2, -0.15) is 9.78 Å². The summed E-state index contributed by atoms with van der Waals surface area (Å²) in [6.45, 7) is 4.40. The topological polar surface area (TPSA) is 116 Å². The zero-order chi connectivity index (χ0) is 22.1. The highest BCUT2D eigenvalue weighted by Gasteiger charge is 2.41. The number of fused-ring (bicyclic) bond motifs is 1. The largest absolute Gasteiger partial charge is 0.495 e. The summed E-state index contributed by atoms with van der Waals surface area (Å²) in [6, 6.07) is 7.68. The molecule has 32 heavy (non-hydrogen) atoms. The summed E-state index contributed by atoms with van der Waals surface area (Å²) in [5, 5.41) is 32.4. The summed E-state index contributed by atoms with van der Waals surface area (Å²) >= 11 is 0. The smallest absolute Gasteiger partial charge is 0.177 e. The molecule has 10 heteroatoms. The average Bonchev–Trinajstić information content (AvgIpc) is 3.47. The molecule has 0 aromatic carbocycles. The SMILES string of the molecule is COc1cc(C(O)CN2CCC3(CC2)CCN(c2ccc4nncn4n2)C3)ncc1C#N. The van der Waals surface area contributed by atoms with Crippen LogP contribution in [-0.2, 0) is 0 Å². The average molecular weight is 435 g/mol. The molecule has 2 fully saturated rings. The Balaban J connectivity index is 1.18. The Morgan fingerprint density at radius 1 is 1.25 bits per heavy atom. The van der Waals surface area contributed by atoms with Gasteiger partial charge in [0, 0.05) is 31.9 Å². The van der Waals surface area contributed by atoms with Crippen LogP contribution in [-0.4, -0.2) is 74.6 Å². The van der Waals surface area contributed by atoms with Gasteiger partial charge in [-0.25, -0.2) is 0 Å². The fraction of sp³-hybridized carbons (Fsp3) is 0.500. The second kappa shape index (κ2) is 8.33. The van der Waals surface area contributed by atoms with Crippen LogP contribution in [0, 0.1) is 16.7 Å². The molecule has 5 heterocycles. The van der Waals surface area contributed by atoms with Crippen LogP contribution in [0.4, 0.5) is 5.82 Å². The molecule has 1 unspecified atom stereocenters. The molecule has 0 saturated carbocycles. The molecule has 2 aliphatic rings. The number of rotatable bonds is 5. The minimum Gasteiger partial charge on any atom is -0.495 e. The van der Waals surface area contributed by atoms with Crippen molar-refractivity contribution in [3.63, 3.8) is 0 Å². The molecule has 1 spiro atoms. The summed E-state index contributed by atoms with van der Waals surface area (Å²) in [5.74, 6) is 1.41. The zero-order valence-corrected chi connectivity index (χ0v) is 18.1. The number of pyridine rings is 1. The van der Waals surface area contributed by atoms with Crippen molar-refractivity contribution in [2.45, 2.75) is 25.4 Å². The Bertz CT molecular complexity index is 1150. The van der Waals surface area contributed by atoms with E-state index >= 15 is 0 Å². The number of piperidine rings is 1. The standard InChI is InChI=1S/C22H26N8O2/c1-32-19-10-17(24-12-16(19)11-23)18(31)13-28-7-4-22(5-8-28)6-9-29(14-22)21-3-2-20-26-25-15-30(20)27-21/h2-3,10,12,15,18,31H,4-9,13-14H2,1H3. The molecule has 1 atom stereocenters. The highest BCUT2D eigenvalue weighted by atomic mass is 16.5. The van der Waals surface area contributed by atoms with Crippen molar-refractivity contribution in [2.75, 3.05) is 44.7 Å².